The summed E-state index contributed by atoms with van der Waals surface area (Å²) in [5, 5.41) is 8.47. The maximum absolute atomic E-state index is 12.0. The first-order valence-corrected chi connectivity index (χ1v) is 7.41. The predicted molar refractivity (Wildman–Crippen MR) is 66.0 cm³/mol. The van der Waals surface area contributed by atoms with E-state index in [-0.39, 0.29) is 23.6 Å². The molecule has 1 heterocycles. The van der Waals surface area contributed by atoms with Crippen LogP contribution >= 0.6 is 22.9 Å². The average Bonchev–Trinajstić information content (AvgIpc) is 2.64. The summed E-state index contributed by atoms with van der Waals surface area (Å²) < 4.78 is 25.6. The summed E-state index contributed by atoms with van der Waals surface area (Å²) >= 11 is 6.66. The second kappa shape index (κ2) is 5.81. The van der Waals surface area contributed by atoms with Crippen molar-refractivity contribution in [3.63, 3.8) is 0 Å². The van der Waals surface area contributed by atoms with Crippen molar-refractivity contribution < 1.29 is 18.3 Å². The quantitative estimate of drug-likeness (QED) is 0.870. The molecule has 0 unspecified atom stereocenters. The van der Waals surface area contributed by atoms with Crippen molar-refractivity contribution in [1.29, 1.82) is 0 Å². The molecule has 0 atom stereocenters. The topological polar surface area (TPSA) is 74.7 Å². The summed E-state index contributed by atoms with van der Waals surface area (Å²) in [5.74, 6) is -0.935. The molecule has 1 aromatic rings. The molecular weight excluding hydrogens is 286 g/mol. The zero-order valence-corrected chi connectivity index (χ0v) is 11.5. The van der Waals surface area contributed by atoms with Gasteiger partial charge < -0.3 is 5.11 Å². The van der Waals surface area contributed by atoms with E-state index in [4.69, 9.17) is 16.7 Å². The Hall–Kier alpha value is -0.630. The van der Waals surface area contributed by atoms with Gasteiger partial charge in [0.05, 0.1) is 4.34 Å². The maximum Gasteiger partial charge on any atom is 0.303 e. The van der Waals surface area contributed by atoms with E-state index in [9.17, 15) is 13.2 Å². The molecule has 0 aliphatic rings. The number of hydrogen-bond acceptors (Lipinski definition) is 4. The number of carboxylic acids is 1. The van der Waals surface area contributed by atoms with Gasteiger partial charge in [-0.1, -0.05) is 11.6 Å². The fourth-order valence-electron chi connectivity index (χ4n) is 1.16. The van der Waals surface area contributed by atoms with Crippen LogP contribution in [0.2, 0.25) is 4.34 Å². The Morgan fingerprint density at radius 1 is 1.53 bits per heavy atom. The Bertz CT molecular complexity index is 497. The molecule has 5 nitrogen and oxygen atoms in total. The highest BCUT2D eigenvalue weighted by Crippen LogP contribution is 2.27. The monoisotopic (exact) mass is 297 g/mol. The maximum atomic E-state index is 12.0. The molecule has 0 saturated carbocycles. The molecule has 0 aliphatic heterocycles. The lowest BCUT2D eigenvalue weighted by molar-refractivity contribution is -0.137. The molecule has 0 saturated heterocycles. The first kappa shape index (κ1) is 14.4. The van der Waals surface area contributed by atoms with Gasteiger partial charge in [0.2, 0.25) is 0 Å². The lowest BCUT2D eigenvalue weighted by atomic mass is 10.3. The van der Waals surface area contributed by atoms with Crippen molar-refractivity contribution in [3.8, 4) is 0 Å². The van der Waals surface area contributed by atoms with Gasteiger partial charge in [-0.25, -0.2) is 12.7 Å². The predicted octanol–water partition coefficient (Wildman–Crippen LogP) is 1.89. The van der Waals surface area contributed by atoms with Crippen LogP contribution in [-0.4, -0.2) is 37.4 Å². The van der Waals surface area contributed by atoms with Gasteiger partial charge in [0.25, 0.3) is 10.0 Å². The molecule has 1 aromatic heterocycles. The van der Waals surface area contributed by atoms with E-state index in [2.05, 4.69) is 0 Å². The number of carbonyl (C=O) groups is 1. The minimum absolute atomic E-state index is 0.0505. The highest BCUT2D eigenvalue weighted by atomic mass is 35.5. The van der Waals surface area contributed by atoms with Gasteiger partial charge in [0, 0.05) is 20.0 Å². The van der Waals surface area contributed by atoms with Crippen molar-refractivity contribution in [3.05, 3.63) is 16.5 Å². The second-order valence-electron chi connectivity index (χ2n) is 3.38. The largest absolute Gasteiger partial charge is 0.481 e. The summed E-state index contributed by atoms with van der Waals surface area (Å²) in [7, 11) is -2.12. The van der Waals surface area contributed by atoms with Crippen LogP contribution in [0.25, 0.3) is 0 Å². The number of sulfonamides is 1. The standard InChI is InChI=1S/C9H12ClNO4S2/c1-11(6-2-3-8(12)13)17(14,15)9-5-4-7(10)16-9/h4-5H,2-3,6H2,1H3,(H,12,13). The molecule has 0 spiro atoms. The number of nitrogens with zero attached hydrogens (tertiary/aromatic N) is 1. The van der Waals surface area contributed by atoms with Crippen LogP contribution < -0.4 is 0 Å². The van der Waals surface area contributed by atoms with E-state index in [1.807, 2.05) is 0 Å². The van der Waals surface area contributed by atoms with Crippen LogP contribution in [0, 0.1) is 0 Å². The fraction of sp³-hybridized carbons (Fsp3) is 0.444. The molecule has 0 aromatic carbocycles. The number of thiophene rings is 1. The Labute approximate surface area is 109 Å². The first-order chi connectivity index (χ1) is 7.84. The zero-order chi connectivity index (χ0) is 13.1. The Morgan fingerprint density at radius 2 is 2.18 bits per heavy atom. The van der Waals surface area contributed by atoms with Crippen LogP contribution in [0.4, 0.5) is 0 Å². The van der Waals surface area contributed by atoms with E-state index >= 15 is 0 Å². The second-order valence-corrected chi connectivity index (χ2v) is 7.37. The smallest absolute Gasteiger partial charge is 0.303 e. The van der Waals surface area contributed by atoms with Gasteiger partial charge in [0.15, 0.2) is 0 Å². The highest BCUT2D eigenvalue weighted by Gasteiger charge is 2.22. The molecule has 8 heteroatoms. The number of aliphatic carboxylic acids is 1. The van der Waals surface area contributed by atoms with Gasteiger partial charge in [-0.05, 0) is 18.6 Å². The van der Waals surface area contributed by atoms with Gasteiger partial charge in [0.1, 0.15) is 4.21 Å². The van der Waals surface area contributed by atoms with Crippen LogP contribution in [0.15, 0.2) is 16.3 Å². The molecule has 0 fully saturated rings. The van der Waals surface area contributed by atoms with Gasteiger partial charge >= 0.3 is 5.97 Å². The van der Waals surface area contributed by atoms with Crippen LogP contribution in [-0.2, 0) is 14.8 Å². The molecular formula is C9H12ClNO4S2. The normalized spacial score (nSPS) is 11.9. The Kier molecular flexibility index (Phi) is 4.93. The first-order valence-electron chi connectivity index (χ1n) is 4.77. The Balaban J connectivity index is 2.67. The van der Waals surface area contributed by atoms with E-state index in [1.54, 1.807) is 0 Å². The lowest BCUT2D eigenvalue weighted by Crippen LogP contribution is -2.27. The van der Waals surface area contributed by atoms with E-state index in [0.717, 1.165) is 15.6 Å². The highest BCUT2D eigenvalue weighted by molar-refractivity contribution is 7.91. The molecule has 0 aliphatic carbocycles. The van der Waals surface area contributed by atoms with E-state index in [0.29, 0.717) is 4.34 Å². The SMILES string of the molecule is CN(CCCC(=O)O)S(=O)(=O)c1ccc(Cl)s1. The Morgan fingerprint density at radius 3 is 2.65 bits per heavy atom. The summed E-state index contributed by atoms with van der Waals surface area (Å²) in [5.41, 5.74) is 0. The van der Waals surface area contributed by atoms with E-state index < -0.39 is 16.0 Å². The zero-order valence-electron chi connectivity index (χ0n) is 9.09. The van der Waals surface area contributed by atoms with Gasteiger partial charge in [-0.2, -0.15) is 0 Å². The van der Waals surface area contributed by atoms with Gasteiger partial charge in [-0.3, -0.25) is 4.79 Å². The summed E-state index contributed by atoms with van der Waals surface area (Å²) in [6.45, 7) is 0.171. The number of hydrogen-bond donors (Lipinski definition) is 1. The van der Waals surface area contributed by atoms with Crippen molar-refractivity contribution in [2.24, 2.45) is 0 Å². The van der Waals surface area contributed by atoms with Crippen LogP contribution in [0.5, 0.6) is 0 Å². The molecule has 96 valence electrons. The van der Waals surface area contributed by atoms with E-state index in [1.165, 1.54) is 19.2 Å². The van der Waals surface area contributed by atoms with Crippen molar-refractivity contribution in [2.75, 3.05) is 13.6 Å². The fourth-order valence-corrected chi connectivity index (χ4v) is 4.07. The third kappa shape index (κ3) is 3.95. The number of rotatable bonds is 6. The molecule has 0 bridgehead atoms. The molecule has 0 radical (unpaired) electrons. The lowest BCUT2D eigenvalue weighted by Gasteiger charge is -2.15. The summed E-state index contributed by atoms with van der Waals surface area (Å²) in [4.78, 5) is 10.3. The molecule has 0 amide bonds. The molecule has 17 heavy (non-hydrogen) atoms. The summed E-state index contributed by atoms with van der Waals surface area (Å²) in [6.07, 6.45) is 0.231. The van der Waals surface area contributed by atoms with Crippen LogP contribution in [0.1, 0.15) is 12.8 Å². The molecule has 1 rings (SSSR count). The number of carboxylic acid groups (broad SMARTS) is 1. The van der Waals surface area contributed by atoms with Gasteiger partial charge in [-0.15, -0.1) is 11.3 Å². The van der Waals surface area contributed by atoms with Crippen molar-refractivity contribution in [2.45, 2.75) is 17.1 Å². The summed E-state index contributed by atoms with van der Waals surface area (Å²) in [6, 6.07) is 2.96. The third-order valence-electron chi connectivity index (χ3n) is 2.08. The average molecular weight is 298 g/mol. The minimum Gasteiger partial charge on any atom is -0.481 e. The number of halogens is 1. The van der Waals surface area contributed by atoms with Crippen molar-refractivity contribution >= 4 is 38.9 Å². The minimum atomic E-state index is -3.54. The third-order valence-corrected chi connectivity index (χ3v) is 5.63. The molecule has 1 N–H and O–H groups in total. The van der Waals surface area contributed by atoms with Crippen LogP contribution in [0.3, 0.4) is 0 Å². The van der Waals surface area contributed by atoms with Crippen molar-refractivity contribution in [1.82, 2.24) is 4.31 Å².